The average molecular weight is 303 g/mol. The monoisotopic (exact) mass is 303 g/mol. The van der Waals surface area contributed by atoms with Gasteiger partial charge in [0.1, 0.15) is 16.9 Å². The summed E-state index contributed by atoms with van der Waals surface area (Å²) in [5, 5.41) is 9.76. The van der Waals surface area contributed by atoms with Gasteiger partial charge in [0.2, 0.25) is 0 Å². The van der Waals surface area contributed by atoms with Crippen LogP contribution in [0.15, 0.2) is 12.4 Å². The number of imidazole rings is 1. The molecule has 4 nitrogen and oxygen atoms in total. The number of aromatic nitrogens is 3. The summed E-state index contributed by atoms with van der Waals surface area (Å²) in [6.45, 7) is 3.40. The first-order chi connectivity index (χ1) is 6.48. The molecule has 0 amide bonds. The van der Waals surface area contributed by atoms with Crippen molar-refractivity contribution >= 4 is 33.6 Å². The minimum atomic E-state index is -0.942. The first kappa shape index (κ1) is 9.85. The van der Waals surface area contributed by atoms with E-state index in [1.165, 1.54) is 0 Å². The third kappa shape index (κ3) is 1.61. The van der Waals surface area contributed by atoms with E-state index in [1.54, 1.807) is 26.2 Å². The smallest absolute Gasteiger partial charge is 0.138 e. The Labute approximate surface area is 94.9 Å². The van der Waals surface area contributed by atoms with Crippen molar-refractivity contribution in [3.8, 4) is 0 Å². The number of rotatable bonds is 1. The molecule has 0 fully saturated rings. The van der Waals surface area contributed by atoms with Gasteiger partial charge in [-0.1, -0.05) is 0 Å². The third-order valence-electron chi connectivity index (χ3n) is 1.93. The van der Waals surface area contributed by atoms with Crippen LogP contribution in [0.2, 0.25) is 0 Å². The summed E-state index contributed by atoms with van der Waals surface area (Å²) in [7, 11) is 0. The summed E-state index contributed by atoms with van der Waals surface area (Å²) < 4.78 is 0.979. The molecule has 0 aliphatic carbocycles. The van der Waals surface area contributed by atoms with E-state index in [0.717, 1.165) is 14.6 Å². The maximum Gasteiger partial charge on any atom is 0.138 e. The van der Waals surface area contributed by atoms with E-state index >= 15 is 0 Å². The molecule has 0 radical (unpaired) electrons. The maximum atomic E-state index is 9.76. The molecule has 0 bridgehead atoms. The molecule has 0 spiro atoms. The molecule has 0 aliphatic heterocycles. The van der Waals surface area contributed by atoms with Crippen molar-refractivity contribution in [2.45, 2.75) is 19.4 Å². The highest BCUT2D eigenvalue weighted by Crippen LogP contribution is 2.22. The van der Waals surface area contributed by atoms with Crippen LogP contribution in [0.5, 0.6) is 0 Å². The lowest BCUT2D eigenvalue weighted by atomic mass is 10.1. The van der Waals surface area contributed by atoms with E-state index in [2.05, 4.69) is 37.5 Å². The summed E-state index contributed by atoms with van der Waals surface area (Å²) in [4.78, 5) is 11.4. The molecular weight excluding hydrogens is 293 g/mol. The molecule has 2 aromatic heterocycles. The van der Waals surface area contributed by atoms with Gasteiger partial charge in [-0.25, -0.2) is 4.98 Å². The van der Waals surface area contributed by atoms with Crippen LogP contribution in [0.25, 0.3) is 11.0 Å². The van der Waals surface area contributed by atoms with Crippen LogP contribution in [0.4, 0.5) is 0 Å². The van der Waals surface area contributed by atoms with Gasteiger partial charge in [-0.2, -0.15) is 0 Å². The van der Waals surface area contributed by atoms with Crippen molar-refractivity contribution in [2.75, 3.05) is 0 Å². The van der Waals surface area contributed by atoms with Gasteiger partial charge in [0.05, 0.1) is 15.3 Å². The molecule has 0 saturated heterocycles. The van der Waals surface area contributed by atoms with Crippen molar-refractivity contribution < 1.29 is 5.11 Å². The molecule has 0 aliphatic rings. The van der Waals surface area contributed by atoms with Crippen LogP contribution in [0.1, 0.15) is 19.7 Å². The number of aromatic amines is 1. The van der Waals surface area contributed by atoms with Gasteiger partial charge >= 0.3 is 0 Å². The van der Waals surface area contributed by atoms with Crippen LogP contribution >= 0.6 is 22.6 Å². The van der Waals surface area contributed by atoms with Gasteiger partial charge in [0, 0.05) is 6.20 Å². The van der Waals surface area contributed by atoms with Gasteiger partial charge < -0.3 is 10.1 Å². The number of nitrogens with one attached hydrogen (secondary N) is 1. The Morgan fingerprint density at radius 3 is 2.71 bits per heavy atom. The van der Waals surface area contributed by atoms with E-state index in [9.17, 15) is 5.11 Å². The molecule has 0 unspecified atom stereocenters. The highest BCUT2D eigenvalue weighted by molar-refractivity contribution is 14.1. The van der Waals surface area contributed by atoms with Crippen molar-refractivity contribution in [2.24, 2.45) is 0 Å². The molecule has 0 saturated carbocycles. The zero-order valence-electron chi connectivity index (χ0n) is 7.87. The van der Waals surface area contributed by atoms with Crippen LogP contribution in [0, 0.1) is 3.57 Å². The number of pyridine rings is 1. The first-order valence-electron chi connectivity index (χ1n) is 4.20. The van der Waals surface area contributed by atoms with Gasteiger partial charge in [-0.15, -0.1) is 0 Å². The normalized spacial score (nSPS) is 12.3. The number of hydrogen-bond acceptors (Lipinski definition) is 3. The molecule has 2 aromatic rings. The fourth-order valence-corrected chi connectivity index (χ4v) is 1.76. The second-order valence-corrected chi connectivity index (χ2v) is 4.82. The predicted octanol–water partition coefficient (Wildman–Crippen LogP) is 1.79. The zero-order chi connectivity index (χ0) is 10.3. The zero-order valence-corrected chi connectivity index (χ0v) is 10.0. The number of H-pyrrole nitrogens is 1. The number of halogens is 1. The fraction of sp³-hybridized carbons (Fsp3) is 0.333. The summed E-state index contributed by atoms with van der Waals surface area (Å²) in [6.07, 6.45) is 3.46. The van der Waals surface area contributed by atoms with Crippen LogP contribution in [-0.4, -0.2) is 20.1 Å². The largest absolute Gasteiger partial charge is 0.383 e. The molecule has 0 aromatic carbocycles. The minimum Gasteiger partial charge on any atom is -0.383 e. The highest BCUT2D eigenvalue weighted by Gasteiger charge is 2.20. The van der Waals surface area contributed by atoms with Crippen molar-refractivity contribution in [3.63, 3.8) is 0 Å². The van der Waals surface area contributed by atoms with Crippen molar-refractivity contribution in [1.29, 1.82) is 0 Å². The van der Waals surface area contributed by atoms with Crippen molar-refractivity contribution in [3.05, 3.63) is 21.8 Å². The number of aliphatic hydroxyl groups is 1. The van der Waals surface area contributed by atoms with E-state index in [1.807, 2.05) is 0 Å². The predicted molar refractivity (Wildman–Crippen MR) is 61.9 cm³/mol. The molecule has 74 valence electrons. The topological polar surface area (TPSA) is 61.8 Å². The van der Waals surface area contributed by atoms with Gasteiger partial charge in [0.15, 0.2) is 0 Å². The molecule has 0 atom stereocenters. The Bertz CT molecular complexity index is 472. The average Bonchev–Trinajstić information content (AvgIpc) is 2.48. The third-order valence-corrected chi connectivity index (χ3v) is 2.72. The molecule has 2 rings (SSSR count). The number of hydrogen-bond donors (Lipinski definition) is 2. The van der Waals surface area contributed by atoms with Gasteiger partial charge in [0.25, 0.3) is 0 Å². The highest BCUT2D eigenvalue weighted by atomic mass is 127. The SMILES string of the molecule is CC(C)(O)c1nc2c(I)cncc2[nH]1. The second kappa shape index (κ2) is 3.16. The van der Waals surface area contributed by atoms with Gasteiger partial charge in [-0.3, -0.25) is 4.98 Å². The van der Waals surface area contributed by atoms with Gasteiger partial charge in [-0.05, 0) is 36.4 Å². The van der Waals surface area contributed by atoms with E-state index in [0.29, 0.717) is 5.82 Å². The Morgan fingerprint density at radius 2 is 2.14 bits per heavy atom. The lowest BCUT2D eigenvalue weighted by molar-refractivity contribution is 0.0700. The van der Waals surface area contributed by atoms with Crippen molar-refractivity contribution in [1.82, 2.24) is 15.0 Å². The fourth-order valence-electron chi connectivity index (χ4n) is 1.19. The molecule has 5 heteroatoms. The minimum absolute atomic E-state index is 0.568. The van der Waals surface area contributed by atoms with Crippen LogP contribution in [0.3, 0.4) is 0 Å². The molecule has 14 heavy (non-hydrogen) atoms. The summed E-state index contributed by atoms with van der Waals surface area (Å²) in [6, 6.07) is 0. The number of nitrogens with zero attached hydrogens (tertiary/aromatic N) is 2. The molecular formula is C9H10IN3O. The Kier molecular flexibility index (Phi) is 2.23. The summed E-state index contributed by atoms with van der Waals surface area (Å²) in [5.41, 5.74) is 0.772. The van der Waals surface area contributed by atoms with E-state index < -0.39 is 5.60 Å². The molecule has 2 N–H and O–H groups in total. The standard InChI is InChI=1S/C9H10IN3O/c1-9(2,14)8-12-6-4-11-3-5(10)7(6)13-8/h3-4,14H,1-2H3,(H,12,13). The van der Waals surface area contributed by atoms with E-state index in [4.69, 9.17) is 0 Å². The Hall–Kier alpha value is -0.690. The van der Waals surface area contributed by atoms with Crippen LogP contribution < -0.4 is 0 Å². The van der Waals surface area contributed by atoms with Crippen LogP contribution in [-0.2, 0) is 5.60 Å². The molecule has 2 heterocycles. The second-order valence-electron chi connectivity index (χ2n) is 3.66. The Balaban J connectivity index is 2.69. The quantitative estimate of drug-likeness (QED) is 0.790. The maximum absolute atomic E-state index is 9.76. The summed E-state index contributed by atoms with van der Waals surface area (Å²) >= 11 is 2.17. The lowest BCUT2D eigenvalue weighted by Crippen LogP contribution is -2.17. The van der Waals surface area contributed by atoms with E-state index in [-0.39, 0.29) is 0 Å². The number of fused-ring (bicyclic) bond motifs is 1. The Morgan fingerprint density at radius 1 is 1.43 bits per heavy atom. The first-order valence-corrected chi connectivity index (χ1v) is 5.28. The lowest BCUT2D eigenvalue weighted by Gasteiger charge is -2.12. The summed E-state index contributed by atoms with van der Waals surface area (Å²) in [5.74, 6) is 0.568.